The summed E-state index contributed by atoms with van der Waals surface area (Å²) in [7, 11) is 1.90. The third-order valence-corrected chi connectivity index (χ3v) is 10.1. The first-order valence-electron chi connectivity index (χ1n) is 11.6. The van der Waals surface area contributed by atoms with E-state index in [1.165, 1.54) is 57.8 Å². The maximum absolute atomic E-state index is 10.9. The zero-order chi connectivity index (χ0) is 19.2. The molecule has 0 aromatic rings. The Morgan fingerprint density at radius 1 is 1.00 bits per heavy atom. The maximum atomic E-state index is 10.9. The Balaban J connectivity index is 1.47. The number of methoxy groups -OCH3 is 1. The van der Waals surface area contributed by atoms with Crippen LogP contribution in [0.4, 0.5) is 0 Å². The third kappa shape index (κ3) is 3.26. The number of hydrogen-bond acceptors (Lipinski definition) is 2. The molecule has 0 spiro atoms. The second kappa shape index (κ2) is 7.35. The van der Waals surface area contributed by atoms with Gasteiger partial charge in [0.25, 0.3) is 0 Å². The number of carboxylic acid groups (broad SMARTS) is 1. The van der Waals surface area contributed by atoms with Gasteiger partial charge in [-0.05, 0) is 111 Å². The quantitative estimate of drug-likeness (QED) is 0.648. The Kier molecular flexibility index (Phi) is 5.37. The Hall–Kier alpha value is -0.570. The summed E-state index contributed by atoms with van der Waals surface area (Å²) in [5.74, 6) is 3.74. The third-order valence-electron chi connectivity index (χ3n) is 10.1. The fourth-order valence-corrected chi connectivity index (χ4v) is 8.52. The normalized spacial score (nSPS) is 49.1. The maximum Gasteiger partial charge on any atom is 0.303 e. The van der Waals surface area contributed by atoms with E-state index in [1.807, 2.05) is 7.11 Å². The largest absolute Gasteiger partial charge is 0.481 e. The van der Waals surface area contributed by atoms with Crippen LogP contribution >= 0.6 is 0 Å². The number of aliphatic carboxylic acids is 1. The van der Waals surface area contributed by atoms with Crippen LogP contribution in [-0.2, 0) is 9.53 Å². The smallest absolute Gasteiger partial charge is 0.303 e. The molecule has 8 atom stereocenters. The van der Waals surface area contributed by atoms with Crippen LogP contribution in [0.5, 0.6) is 0 Å². The predicted molar refractivity (Wildman–Crippen MR) is 108 cm³/mol. The minimum absolute atomic E-state index is 0.351. The molecule has 0 radical (unpaired) electrons. The van der Waals surface area contributed by atoms with Crippen molar-refractivity contribution in [2.75, 3.05) is 7.11 Å². The van der Waals surface area contributed by atoms with Crippen molar-refractivity contribution in [3.63, 3.8) is 0 Å². The average molecular weight is 377 g/mol. The molecule has 0 saturated heterocycles. The minimum Gasteiger partial charge on any atom is -0.481 e. The molecule has 0 bridgehead atoms. The molecular weight excluding hydrogens is 336 g/mol. The SMILES string of the molecule is COC1CCC2(C)C(CCC3C4CCC(CCCC(=O)O)C4(C)CCC32)C1. The van der Waals surface area contributed by atoms with Crippen LogP contribution in [0.25, 0.3) is 0 Å². The van der Waals surface area contributed by atoms with Gasteiger partial charge < -0.3 is 9.84 Å². The van der Waals surface area contributed by atoms with Gasteiger partial charge in [-0.15, -0.1) is 0 Å². The molecule has 154 valence electrons. The topological polar surface area (TPSA) is 46.5 Å². The first-order valence-corrected chi connectivity index (χ1v) is 11.6. The van der Waals surface area contributed by atoms with E-state index in [0.29, 0.717) is 23.4 Å². The molecule has 4 rings (SSSR count). The van der Waals surface area contributed by atoms with Gasteiger partial charge in [0.1, 0.15) is 0 Å². The van der Waals surface area contributed by atoms with Crippen molar-refractivity contribution in [3.05, 3.63) is 0 Å². The molecule has 0 aromatic carbocycles. The zero-order valence-corrected chi connectivity index (χ0v) is 17.7. The van der Waals surface area contributed by atoms with E-state index in [0.717, 1.165) is 42.4 Å². The van der Waals surface area contributed by atoms with E-state index in [2.05, 4.69) is 13.8 Å². The fraction of sp³-hybridized carbons (Fsp3) is 0.958. The highest BCUT2D eigenvalue weighted by Crippen LogP contribution is 2.67. The summed E-state index contributed by atoms with van der Waals surface area (Å²) in [6.07, 6.45) is 15.1. The molecule has 27 heavy (non-hydrogen) atoms. The monoisotopic (exact) mass is 376 g/mol. The van der Waals surface area contributed by atoms with E-state index >= 15 is 0 Å². The highest BCUT2D eigenvalue weighted by Gasteiger charge is 2.59. The van der Waals surface area contributed by atoms with Gasteiger partial charge in [0.2, 0.25) is 0 Å². The van der Waals surface area contributed by atoms with Crippen molar-refractivity contribution in [2.45, 2.75) is 97.0 Å². The highest BCUT2D eigenvalue weighted by atomic mass is 16.5. The van der Waals surface area contributed by atoms with Gasteiger partial charge in [-0.25, -0.2) is 0 Å². The van der Waals surface area contributed by atoms with Crippen LogP contribution in [0.1, 0.15) is 90.9 Å². The number of ether oxygens (including phenoxy) is 1. The highest BCUT2D eigenvalue weighted by molar-refractivity contribution is 5.66. The van der Waals surface area contributed by atoms with Crippen molar-refractivity contribution in [2.24, 2.45) is 40.4 Å². The molecule has 4 aliphatic carbocycles. The Bertz CT molecular complexity index is 560. The molecule has 3 nitrogen and oxygen atoms in total. The van der Waals surface area contributed by atoms with Crippen molar-refractivity contribution < 1.29 is 14.6 Å². The molecule has 3 heteroatoms. The number of carbonyl (C=O) groups is 1. The molecule has 4 aliphatic rings. The van der Waals surface area contributed by atoms with Crippen LogP contribution in [0.15, 0.2) is 0 Å². The molecular formula is C24H40O3. The van der Waals surface area contributed by atoms with Crippen molar-refractivity contribution in [1.82, 2.24) is 0 Å². The van der Waals surface area contributed by atoms with Gasteiger partial charge in [-0.1, -0.05) is 13.8 Å². The first kappa shape index (κ1) is 19.7. The lowest BCUT2D eigenvalue weighted by molar-refractivity contribution is -0.137. The molecule has 0 aliphatic heterocycles. The summed E-state index contributed by atoms with van der Waals surface area (Å²) >= 11 is 0. The van der Waals surface area contributed by atoms with Crippen molar-refractivity contribution in [1.29, 1.82) is 0 Å². The van der Waals surface area contributed by atoms with Gasteiger partial charge in [-0.2, -0.15) is 0 Å². The van der Waals surface area contributed by atoms with Gasteiger partial charge in [0, 0.05) is 13.5 Å². The number of fused-ring (bicyclic) bond motifs is 5. The van der Waals surface area contributed by atoms with Gasteiger partial charge in [0.05, 0.1) is 6.10 Å². The van der Waals surface area contributed by atoms with Gasteiger partial charge >= 0.3 is 5.97 Å². The summed E-state index contributed by atoms with van der Waals surface area (Å²) < 4.78 is 5.73. The van der Waals surface area contributed by atoms with E-state index in [-0.39, 0.29) is 0 Å². The van der Waals surface area contributed by atoms with E-state index < -0.39 is 5.97 Å². The van der Waals surface area contributed by atoms with Crippen LogP contribution in [0.2, 0.25) is 0 Å². The average Bonchev–Trinajstić information content (AvgIpc) is 2.97. The number of carboxylic acids is 1. The zero-order valence-electron chi connectivity index (χ0n) is 17.7. The van der Waals surface area contributed by atoms with Crippen LogP contribution in [0.3, 0.4) is 0 Å². The Labute approximate surface area is 165 Å². The summed E-state index contributed by atoms with van der Waals surface area (Å²) in [4.78, 5) is 10.9. The summed E-state index contributed by atoms with van der Waals surface area (Å²) in [5, 5.41) is 9.00. The lowest BCUT2D eigenvalue weighted by Crippen LogP contribution is -2.54. The van der Waals surface area contributed by atoms with Crippen LogP contribution in [-0.4, -0.2) is 24.3 Å². The molecule has 0 amide bonds. The summed E-state index contributed by atoms with van der Waals surface area (Å²) in [5.41, 5.74) is 1.02. The fourth-order valence-electron chi connectivity index (χ4n) is 8.52. The van der Waals surface area contributed by atoms with Crippen molar-refractivity contribution in [3.8, 4) is 0 Å². The first-order chi connectivity index (χ1) is 12.9. The predicted octanol–water partition coefficient (Wildman–Crippen LogP) is 5.92. The van der Waals surface area contributed by atoms with E-state index in [4.69, 9.17) is 9.84 Å². The van der Waals surface area contributed by atoms with Gasteiger partial charge in [-0.3, -0.25) is 4.79 Å². The molecule has 1 N–H and O–H groups in total. The van der Waals surface area contributed by atoms with Crippen LogP contribution in [0, 0.1) is 40.4 Å². The van der Waals surface area contributed by atoms with E-state index in [1.54, 1.807) is 0 Å². The molecule has 4 saturated carbocycles. The minimum atomic E-state index is -0.628. The summed E-state index contributed by atoms with van der Waals surface area (Å²) in [6.45, 7) is 5.20. The molecule has 0 aromatic heterocycles. The standard InChI is InChI=1S/C24H40O3/c1-23-14-12-21-19(20(23)10-8-16(23)5-4-6-22(25)26)9-7-17-15-18(27-3)11-13-24(17,21)2/h16-21H,4-15H2,1-3H3,(H,25,26). The molecule has 0 heterocycles. The van der Waals surface area contributed by atoms with Crippen molar-refractivity contribution >= 4 is 5.97 Å². The molecule has 4 fully saturated rings. The molecule has 8 unspecified atom stereocenters. The Morgan fingerprint density at radius 2 is 1.74 bits per heavy atom. The van der Waals surface area contributed by atoms with Crippen LogP contribution < -0.4 is 0 Å². The number of hydrogen-bond donors (Lipinski definition) is 1. The second-order valence-electron chi connectivity index (χ2n) is 10.9. The Morgan fingerprint density at radius 3 is 2.48 bits per heavy atom. The lowest BCUT2D eigenvalue weighted by atomic mass is 9.44. The second-order valence-corrected chi connectivity index (χ2v) is 10.9. The van der Waals surface area contributed by atoms with Gasteiger partial charge in [0.15, 0.2) is 0 Å². The number of rotatable bonds is 5. The summed E-state index contributed by atoms with van der Waals surface area (Å²) in [6, 6.07) is 0. The lowest BCUT2D eigenvalue weighted by Gasteiger charge is -2.61. The van der Waals surface area contributed by atoms with E-state index in [9.17, 15) is 4.79 Å².